The van der Waals surface area contributed by atoms with Crippen LogP contribution in [0.25, 0.3) is 0 Å². The molecule has 1 aromatic carbocycles. The van der Waals surface area contributed by atoms with Crippen molar-refractivity contribution in [3.05, 3.63) is 65.7 Å². The molecule has 0 aliphatic rings. The summed E-state index contributed by atoms with van der Waals surface area (Å²) in [6, 6.07) is 10.2. The minimum absolute atomic E-state index is 0.269. The van der Waals surface area contributed by atoms with Crippen LogP contribution in [0.1, 0.15) is 24.5 Å². The third-order valence-corrected chi connectivity index (χ3v) is 3.07. The molecule has 88 valence electrons. The molecule has 3 heteroatoms. The highest BCUT2D eigenvalue weighted by molar-refractivity contribution is 5.36. The fourth-order valence-corrected chi connectivity index (χ4v) is 1.97. The first-order chi connectivity index (χ1) is 8.16. The van der Waals surface area contributed by atoms with Gasteiger partial charge in [-0.1, -0.05) is 25.1 Å². The monoisotopic (exact) mass is 230 g/mol. The zero-order valence-corrected chi connectivity index (χ0v) is 9.73. The number of aromatic nitrogens is 1. The molecule has 0 fully saturated rings. The Hall–Kier alpha value is -1.74. The van der Waals surface area contributed by atoms with E-state index in [2.05, 4.69) is 4.98 Å². The molecule has 0 aliphatic heterocycles. The second-order valence-electron chi connectivity index (χ2n) is 4.08. The topological polar surface area (TPSA) is 38.9 Å². The number of halogens is 1. The number of pyridine rings is 1. The fourth-order valence-electron chi connectivity index (χ4n) is 1.97. The number of nitrogens with two attached hydrogens (primary N) is 1. The van der Waals surface area contributed by atoms with Gasteiger partial charge < -0.3 is 5.73 Å². The normalized spacial score (nSPS) is 14.3. The fraction of sp³-hybridized carbons (Fsp3) is 0.214. The highest BCUT2D eigenvalue weighted by Crippen LogP contribution is 2.29. The van der Waals surface area contributed by atoms with Crippen LogP contribution in [0.3, 0.4) is 0 Å². The number of benzene rings is 1. The van der Waals surface area contributed by atoms with Crippen molar-refractivity contribution in [2.24, 2.45) is 5.73 Å². The maximum atomic E-state index is 13.3. The Morgan fingerprint density at radius 2 is 2.00 bits per heavy atom. The Morgan fingerprint density at radius 1 is 1.24 bits per heavy atom. The summed E-state index contributed by atoms with van der Waals surface area (Å²) >= 11 is 0. The van der Waals surface area contributed by atoms with Crippen molar-refractivity contribution in [1.29, 1.82) is 0 Å². The zero-order valence-electron chi connectivity index (χ0n) is 9.73. The van der Waals surface area contributed by atoms with Crippen LogP contribution < -0.4 is 5.73 Å². The van der Waals surface area contributed by atoms with Gasteiger partial charge in [0, 0.05) is 12.4 Å². The van der Waals surface area contributed by atoms with E-state index >= 15 is 0 Å². The standard InChI is InChI=1S/C14H15FN2/c1-2-14(16,12-6-4-8-17-10-12)11-5-3-7-13(15)9-11/h3-10H,2,16H2,1H3. The summed E-state index contributed by atoms with van der Waals surface area (Å²) in [5.41, 5.74) is 7.39. The molecule has 2 N–H and O–H groups in total. The smallest absolute Gasteiger partial charge is 0.123 e. The quantitative estimate of drug-likeness (QED) is 0.880. The molecule has 2 aromatic rings. The van der Waals surface area contributed by atoms with Gasteiger partial charge in [-0.05, 0) is 35.7 Å². The van der Waals surface area contributed by atoms with Crippen molar-refractivity contribution in [2.75, 3.05) is 0 Å². The molecule has 2 rings (SSSR count). The van der Waals surface area contributed by atoms with Crippen LogP contribution in [0.4, 0.5) is 4.39 Å². The first kappa shape index (κ1) is 11.7. The van der Waals surface area contributed by atoms with Gasteiger partial charge in [0.2, 0.25) is 0 Å². The minimum atomic E-state index is -0.684. The maximum Gasteiger partial charge on any atom is 0.123 e. The molecule has 1 heterocycles. The number of rotatable bonds is 3. The van der Waals surface area contributed by atoms with Gasteiger partial charge in [0.05, 0.1) is 5.54 Å². The molecule has 0 saturated carbocycles. The Balaban J connectivity index is 2.52. The lowest BCUT2D eigenvalue weighted by Crippen LogP contribution is -2.37. The van der Waals surface area contributed by atoms with Gasteiger partial charge in [0.25, 0.3) is 0 Å². The molecule has 1 atom stereocenters. The lowest BCUT2D eigenvalue weighted by Gasteiger charge is -2.29. The molecule has 17 heavy (non-hydrogen) atoms. The van der Waals surface area contributed by atoms with E-state index in [4.69, 9.17) is 5.73 Å². The van der Waals surface area contributed by atoms with E-state index in [1.54, 1.807) is 18.5 Å². The molecule has 0 amide bonds. The van der Waals surface area contributed by atoms with Crippen molar-refractivity contribution in [2.45, 2.75) is 18.9 Å². The van der Waals surface area contributed by atoms with Crippen LogP contribution in [0.5, 0.6) is 0 Å². The Bertz CT molecular complexity index is 499. The van der Waals surface area contributed by atoms with Crippen molar-refractivity contribution >= 4 is 0 Å². The first-order valence-corrected chi connectivity index (χ1v) is 5.62. The number of nitrogens with zero attached hydrogens (tertiary/aromatic N) is 1. The van der Waals surface area contributed by atoms with Gasteiger partial charge in [-0.2, -0.15) is 0 Å². The van der Waals surface area contributed by atoms with Crippen LogP contribution in [0.15, 0.2) is 48.8 Å². The molecule has 0 spiro atoms. The van der Waals surface area contributed by atoms with Crippen LogP contribution in [0.2, 0.25) is 0 Å². The van der Waals surface area contributed by atoms with E-state index in [-0.39, 0.29) is 5.82 Å². The molecular weight excluding hydrogens is 215 g/mol. The highest BCUT2D eigenvalue weighted by Gasteiger charge is 2.27. The molecular formula is C14H15FN2. The van der Waals surface area contributed by atoms with Gasteiger partial charge in [-0.15, -0.1) is 0 Å². The summed E-state index contributed by atoms with van der Waals surface area (Å²) < 4.78 is 13.3. The average molecular weight is 230 g/mol. The summed E-state index contributed by atoms with van der Waals surface area (Å²) in [6.07, 6.45) is 4.11. The lowest BCUT2D eigenvalue weighted by molar-refractivity contribution is 0.511. The summed E-state index contributed by atoms with van der Waals surface area (Å²) in [5, 5.41) is 0. The van der Waals surface area contributed by atoms with Gasteiger partial charge in [0.15, 0.2) is 0 Å². The van der Waals surface area contributed by atoms with Crippen LogP contribution in [-0.2, 0) is 5.54 Å². The molecule has 0 radical (unpaired) electrons. The Kier molecular flexibility index (Phi) is 3.20. The minimum Gasteiger partial charge on any atom is -0.318 e. The molecule has 0 aliphatic carbocycles. The van der Waals surface area contributed by atoms with E-state index in [0.29, 0.717) is 6.42 Å². The predicted molar refractivity (Wildman–Crippen MR) is 65.9 cm³/mol. The van der Waals surface area contributed by atoms with E-state index in [9.17, 15) is 4.39 Å². The van der Waals surface area contributed by atoms with E-state index in [1.165, 1.54) is 12.1 Å². The lowest BCUT2D eigenvalue weighted by atomic mass is 9.82. The third kappa shape index (κ3) is 2.19. The number of hydrogen-bond acceptors (Lipinski definition) is 2. The van der Waals surface area contributed by atoms with E-state index in [0.717, 1.165) is 11.1 Å². The van der Waals surface area contributed by atoms with Crippen LogP contribution in [-0.4, -0.2) is 4.98 Å². The van der Waals surface area contributed by atoms with Crippen LogP contribution >= 0.6 is 0 Å². The van der Waals surface area contributed by atoms with Gasteiger partial charge in [0.1, 0.15) is 5.82 Å². The molecule has 1 aromatic heterocycles. The van der Waals surface area contributed by atoms with Crippen molar-refractivity contribution < 1.29 is 4.39 Å². The van der Waals surface area contributed by atoms with Gasteiger partial charge >= 0.3 is 0 Å². The SMILES string of the molecule is CCC(N)(c1cccnc1)c1cccc(F)c1. The molecule has 0 saturated heterocycles. The average Bonchev–Trinajstić information content (AvgIpc) is 2.39. The Morgan fingerprint density at radius 3 is 2.59 bits per heavy atom. The van der Waals surface area contributed by atoms with Crippen molar-refractivity contribution in [1.82, 2.24) is 4.98 Å². The molecule has 1 unspecified atom stereocenters. The number of hydrogen-bond donors (Lipinski definition) is 1. The molecule has 2 nitrogen and oxygen atoms in total. The largest absolute Gasteiger partial charge is 0.318 e. The Labute approximate surface area is 100 Å². The van der Waals surface area contributed by atoms with E-state index < -0.39 is 5.54 Å². The van der Waals surface area contributed by atoms with Crippen molar-refractivity contribution in [3.63, 3.8) is 0 Å². The summed E-state index contributed by atoms with van der Waals surface area (Å²) in [6.45, 7) is 1.98. The predicted octanol–water partition coefficient (Wildman–Crippen LogP) is 2.83. The maximum absolute atomic E-state index is 13.3. The van der Waals surface area contributed by atoms with Gasteiger partial charge in [-0.3, -0.25) is 4.98 Å². The summed E-state index contributed by atoms with van der Waals surface area (Å²) in [7, 11) is 0. The van der Waals surface area contributed by atoms with Crippen LogP contribution in [0, 0.1) is 5.82 Å². The second kappa shape index (κ2) is 4.63. The highest BCUT2D eigenvalue weighted by atomic mass is 19.1. The van der Waals surface area contributed by atoms with E-state index in [1.807, 2.05) is 25.1 Å². The van der Waals surface area contributed by atoms with Gasteiger partial charge in [-0.25, -0.2) is 4.39 Å². The second-order valence-corrected chi connectivity index (χ2v) is 4.08. The zero-order chi connectivity index (χ0) is 12.3. The first-order valence-electron chi connectivity index (χ1n) is 5.62. The summed E-state index contributed by atoms with van der Waals surface area (Å²) in [5.74, 6) is -0.269. The van der Waals surface area contributed by atoms with Crippen molar-refractivity contribution in [3.8, 4) is 0 Å². The summed E-state index contributed by atoms with van der Waals surface area (Å²) in [4.78, 5) is 4.07. The third-order valence-electron chi connectivity index (χ3n) is 3.07. The molecule has 0 bridgehead atoms.